The third kappa shape index (κ3) is 5.14. The van der Waals surface area contributed by atoms with Gasteiger partial charge in [-0.1, -0.05) is 80.9 Å². The van der Waals surface area contributed by atoms with E-state index in [0.717, 1.165) is 35.5 Å². The molecule has 0 N–H and O–H groups in total. The molecular formula is C29H40. The summed E-state index contributed by atoms with van der Waals surface area (Å²) in [4.78, 5) is 0. The average Bonchev–Trinajstić information content (AvgIpc) is 3.36. The van der Waals surface area contributed by atoms with Crippen LogP contribution in [0.4, 0.5) is 0 Å². The lowest BCUT2D eigenvalue weighted by molar-refractivity contribution is 0.127. The van der Waals surface area contributed by atoms with Crippen molar-refractivity contribution in [3.05, 3.63) is 71.8 Å². The van der Waals surface area contributed by atoms with Crippen molar-refractivity contribution in [1.82, 2.24) is 0 Å². The number of hydrogen-bond donors (Lipinski definition) is 0. The lowest BCUT2D eigenvalue weighted by Gasteiger charge is -2.37. The summed E-state index contributed by atoms with van der Waals surface area (Å²) in [7, 11) is 0. The van der Waals surface area contributed by atoms with Gasteiger partial charge in [-0.15, -0.1) is 0 Å². The number of rotatable bonds is 10. The molecular weight excluding hydrogens is 348 g/mol. The van der Waals surface area contributed by atoms with Gasteiger partial charge in [-0.05, 0) is 98.0 Å². The molecule has 156 valence electrons. The lowest BCUT2D eigenvalue weighted by atomic mass is 9.68. The minimum atomic E-state index is 0.877. The van der Waals surface area contributed by atoms with E-state index in [9.17, 15) is 0 Å². The maximum absolute atomic E-state index is 2.59. The molecule has 0 aliphatic heterocycles. The van der Waals surface area contributed by atoms with Crippen LogP contribution >= 0.6 is 0 Å². The van der Waals surface area contributed by atoms with Gasteiger partial charge in [-0.3, -0.25) is 0 Å². The van der Waals surface area contributed by atoms with Crippen molar-refractivity contribution in [2.24, 2.45) is 35.5 Å². The number of benzene rings is 2. The van der Waals surface area contributed by atoms with Gasteiger partial charge in [0.05, 0.1) is 0 Å². The van der Waals surface area contributed by atoms with Gasteiger partial charge in [-0.2, -0.15) is 0 Å². The van der Waals surface area contributed by atoms with Crippen LogP contribution in [0.1, 0.15) is 69.9 Å². The second-order valence-electron chi connectivity index (χ2n) is 10.1. The summed E-state index contributed by atoms with van der Waals surface area (Å²) < 4.78 is 0. The second-order valence-corrected chi connectivity index (χ2v) is 10.1. The maximum atomic E-state index is 2.59. The predicted molar refractivity (Wildman–Crippen MR) is 125 cm³/mol. The van der Waals surface area contributed by atoms with Gasteiger partial charge in [0.25, 0.3) is 0 Å². The van der Waals surface area contributed by atoms with Gasteiger partial charge in [0, 0.05) is 0 Å². The highest BCUT2D eigenvalue weighted by atomic mass is 14.5. The summed E-state index contributed by atoms with van der Waals surface area (Å²) in [5, 5.41) is 0. The Labute approximate surface area is 179 Å². The van der Waals surface area contributed by atoms with Crippen molar-refractivity contribution in [2.75, 3.05) is 0 Å². The first-order valence-electron chi connectivity index (χ1n) is 12.3. The monoisotopic (exact) mass is 388 g/mol. The number of aryl methyl sites for hydroxylation is 2. The van der Waals surface area contributed by atoms with Crippen molar-refractivity contribution in [2.45, 2.75) is 71.6 Å². The fourth-order valence-corrected chi connectivity index (χ4v) is 6.83. The number of fused-ring (bicyclic) bond motifs is 2. The molecule has 2 aliphatic rings. The van der Waals surface area contributed by atoms with E-state index in [1.807, 2.05) is 0 Å². The van der Waals surface area contributed by atoms with Crippen LogP contribution in [0.5, 0.6) is 0 Å². The van der Waals surface area contributed by atoms with E-state index in [1.165, 1.54) is 68.9 Å². The van der Waals surface area contributed by atoms with E-state index >= 15 is 0 Å². The molecule has 0 radical (unpaired) electrons. The van der Waals surface area contributed by atoms with Crippen molar-refractivity contribution >= 4 is 0 Å². The van der Waals surface area contributed by atoms with Gasteiger partial charge >= 0.3 is 0 Å². The molecule has 2 saturated carbocycles. The SMILES string of the molecule is CCC(CCc1ccccc1)CC(CCc1ccccc1)C1C2CCC(C2)C1C. The second kappa shape index (κ2) is 9.96. The molecule has 0 amide bonds. The standard InChI is InChI=1S/C29H40/c1-3-23(14-15-24-10-6-4-7-11-24)20-27(17-16-25-12-8-5-9-13-25)29-22(2)26-18-19-28(29)21-26/h4-13,22-23,26-29H,3,14-21H2,1-2H3. The summed E-state index contributed by atoms with van der Waals surface area (Å²) in [6.07, 6.45) is 12.6. The zero-order valence-corrected chi connectivity index (χ0v) is 18.6. The van der Waals surface area contributed by atoms with Gasteiger partial charge in [0.2, 0.25) is 0 Å². The molecule has 0 nitrogen and oxygen atoms in total. The Kier molecular flexibility index (Phi) is 7.11. The normalized spacial score (nSPS) is 27.8. The van der Waals surface area contributed by atoms with Crippen LogP contribution in [0, 0.1) is 35.5 Å². The molecule has 0 heterocycles. The summed E-state index contributed by atoms with van der Waals surface area (Å²) in [6.45, 7) is 5.02. The topological polar surface area (TPSA) is 0 Å². The third-order valence-corrected chi connectivity index (χ3v) is 8.50. The minimum Gasteiger partial charge on any atom is -0.0651 e. The molecule has 0 spiro atoms. The summed E-state index contributed by atoms with van der Waals surface area (Å²) in [5.74, 6) is 5.81. The Balaban J connectivity index is 1.42. The highest BCUT2D eigenvalue weighted by Gasteiger charge is 2.47. The van der Waals surface area contributed by atoms with Crippen LogP contribution in [-0.2, 0) is 12.8 Å². The van der Waals surface area contributed by atoms with Gasteiger partial charge in [0.15, 0.2) is 0 Å². The zero-order valence-electron chi connectivity index (χ0n) is 18.6. The fraction of sp³-hybridized carbons (Fsp3) is 0.586. The molecule has 2 aromatic carbocycles. The Morgan fingerprint density at radius 3 is 1.93 bits per heavy atom. The average molecular weight is 389 g/mol. The smallest absolute Gasteiger partial charge is 0.0276 e. The molecule has 6 unspecified atom stereocenters. The molecule has 0 aromatic heterocycles. The van der Waals surface area contributed by atoms with Crippen LogP contribution in [0.2, 0.25) is 0 Å². The molecule has 2 fully saturated rings. The van der Waals surface area contributed by atoms with E-state index in [2.05, 4.69) is 74.5 Å². The minimum absolute atomic E-state index is 0.877. The molecule has 2 aliphatic carbocycles. The first-order valence-corrected chi connectivity index (χ1v) is 12.3. The zero-order chi connectivity index (χ0) is 20.1. The summed E-state index contributed by atoms with van der Waals surface area (Å²) in [5.41, 5.74) is 3.05. The Hall–Kier alpha value is -1.56. The molecule has 0 saturated heterocycles. The quantitative estimate of drug-likeness (QED) is 0.387. The van der Waals surface area contributed by atoms with E-state index in [-0.39, 0.29) is 0 Å². The summed E-state index contributed by atoms with van der Waals surface area (Å²) in [6, 6.07) is 22.3. The van der Waals surface area contributed by atoms with Crippen LogP contribution in [0.15, 0.2) is 60.7 Å². The van der Waals surface area contributed by atoms with Crippen molar-refractivity contribution in [1.29, 1.82) is 0 Å². The molecule has 4 rings (SSSR count). The predicted octanol–water partition coefficient (Wildman–Crippen LogP) is 7.97. The van der Waals surface area contributed by atoms with E-state index in [1.54, 1.807) is 0 Å². The first-order chi connectivity index (χ1) is 14.2. The third-order valence-electron chi connectivity index (χ3n) is 8.50. The largest absolute Gasteiger partial charge is 0.0651 e. The van der Waals surface area contributed by atoms with E-state index in [0.29, 0.717) is 0 Å². The number of hydrogen-bond acceptors (Lipinski definition) is 0. The molecule has 0 heteroatoms. The van der Waals surface area contributed by atoms with Crippen molar-refractivity contribution in [3.63, 3.8) is 0 Å². The molecule has 2 bridgehead atoms. The van der Waals surface area contributed by atoms with E-state index in [4.69, 9.17) is 0 Å². The van der Waals surface area contributed by atoms with Crippen LogP contribution in [-0.4, -0.2) is 0 Å². The fourth-order valence-electron chi connectivity index (χ4n) is 6.83. The Bertz CT molecular complexity index is 716. The van der Waals surface area contributed by atoms with Crippen LogP contribution in [0.25, 0.3) is 0 Å². The molecule has 2 aromatic rings. The Morgan fingerprint density at radius 1 is 0.793 bits per heavy atom. The molecule has 29 heavy (non-hydrogen) atoms. The highest BCUT2D eigenvalue weighted by molar-refractivity contribution is 5.15. The van der Waals surface area contributed by atoms with Gasteiger partial charge in [-0.25, -0.2) is 0 Å². The van der Waals surface area contributed by atoms with Crippen LogP contribution in [0.3, 0.4) is 0 Å². The van der Waals surface area contributed by atoms with Gasteiger partial charge in [0.1, 0.15) is 0 Å². The maximum Gasteiger partial charge on any atom is -0.0276 e. The summed E-state index contributed by atoms with van der Waals surface area (Å²) >= 11 is 0. The van der Waals surface area contributed by atoms with Crippen LogP contribution < -0.4 is 0 Å². The Morgan fingerprint density at radius 2 is 1.38 bits per heavy atom. The van der Waals surface area contributed by atoms with E-state index < -0.39 is 0 Å². The van der Waals surface area contributed by atoms with Crippen molar-refractivity contribution in [3.8, 4) is 0 Å². The lowest BCUT2D eigenvalue weighted by Crippen LogP contribution is -2.29. The highest BCUT2D eigenvalue weighted by Crippen LogP contribution is 2.56. The first kappa shape index (κ1) is 20.7. The van der Waals surface area contributed by atoms with Crippen molar-refractivity contribution < 1.29 is 0 Å². The van der Waals surface area contributed by atoms with Gasteiger partial charge < -0.3 is 0 Å². The molecule has 6 atom stereocenters.